The molecule has 100 valence electrons. The van der Waals surface area contributed by atoms with Crippen LogP contribution in [0.15, 0.2) is 36.4 Å². The van der Waals surface area contributed by atoms with Gasteiger partial charge in [-0.05, 0) is 29.3 Å². The molecule has 0 aliphatic carbocycles. The largest absolute Gasteiger partial charge is 0.478 e. The normalized spacial score (nSPS) is 12.9. The molecule has 1 amide bonds. The topological polar surface area (TPSA) is 66.4 Å². The van der Waals surface area contributed by atoms with Crippen LogP contribution in [-0.4, -0.2) is 17.0 Å². The third-order valence-corrected chi connectivity index (χ3v) is 3.68. The molecule has 0 saturated carbocycles. The van der Waals surface area contributed by atoms with Gasteiger partial charge in [-0.25, -0.2) is 4.79 Å². The van der Waals surface area contributed by atoms with E-state index >= 15 is 0 Å². The minimum Gasteiger partial charge on any atom is -0.478 e. The highest BCUT2D eigenvalue weighted by Crippen LogP contribution is 2.34. The zero-order valence-corrected chi connectivity index (χ0v) is 11.1. The van der Waals surface area contributed by atoms with Crippen molar-refractivity contribution in [2.75, 3.05) is 5.32 Å². The van der Waals surface area contributed by atoms with Gasteiger partial charge in [-0.3, -0.25) is 4.79 Å². The fraction of sp³-hybridized carbons (Fsp3) is 0.0667. The van der Waals surface area contributed by atoms with Crippen LogP contribution in [0, 0.1) is 0 Å². The fourth-order valence-corrected chi connectivity index (χ4v) is 2.63. The molecule has 0 bridgehead atoms. The lowest BCUT2D eigenvalue weighted by Gasteiger charge is -2.08. The van der Waals surface area contributed by atoms with Crippen LogP contribution in [0.3, 0.4) is 0 Å². The summed E-state index contributed by atoms with van der Waals surface area (Å²) in [5, 5.41) is 12.0. The summed E-state index contributed by atoms with van der Waals surface area (Å²) in [6, 6.07) is 10.4. The van der Waals surface area contributed by atoms with Gasteiger partial charge in [-0.2, -0.15) is 0 Å². The van der Waals surface area contributed by atoms with Gasteiger partial charge in [0.1, 0.15) is 0 Å². The zero-order valence-electron chi connectivity index (χ0n) is 10.3. The van der Waals surface area contributed by atoms with E-state index in [0.717, 1.165) is 16.8 Å². The minimum absolute atomic E-state index is 0.0393. The lowest BCUT2D eigenvalue weighted by Crippen LogP contribution is -2.03. The highest BCUT2D eigenvalue weighted by atomic mass is 35.5. The lowest BCUT2D eigenvalue weighted by atomic mass is 10.00. The number of carbonyl (C=O) groups excluding carboxylic acids is 1. The molecule has 0 fully saturated rings. The van der Waals surface area contributed by atoms with Crippen molar-refractivity contribution in [3.8, 4) is 11.1 Å². The molecular weight excluding hydrogens is 278 g/mol. The second-order valence-corrected chi connectivity index (χ2v) is 4.95. The number of amides is 1. The molecule has 0 atom stereocenters. The molecule has 4 nitrogen and oxygen atoms in total. The second kappa shape index (κ2) is 4.65. The van der Waals surface area contributed by atoms with E-state index in [1.165, 1.54) is 6.07 Å². The summed E-state index contributed by atoms with van der Waals surface area (Å²) in [7, 11) is 0. The summed E-state index contributed by atoms with van der Waals surface area (Å²) in [6.07, 6.45) is 0.333. The number of nitrogens with one attached hydrogen (secondary N) is 1. The van der Waals surface area contributed by atoms with E-state index in [-0.39, 0.29) is 16.5 Å². The van der Waals surface area contributed by atoms with Gasteiger partial charge in [0.15, 0.2) is 0 Å². The lowest BCUT2D eigenvalue weighted by molar-refractivity contribution is -0.115. The van der Waals surface area contributed by atoms with Crippen LogP contribution in [-0.2, 0) is 11.2 Å². The van der Waals surface area contributed by atoms with E-state index in [9.17, 15) is 9.59 Å². The molecule has 0 saturated heterocycles. The summed E-state index contributed by atoms with van der Waals surface area (Å²) >= 11 is 6.15. The maximum atomic E-state index is 11.3. The van der Waals surface area contributed by atoms with Crippen LogP contribution in [0.4, 0.5) is 5.69 Å². The van der Waals surface area contributed by atoms with Crippen molar-refractivity contribution in [3.05, 3.63) is 52.5 Å². The zero-order chi connectivity index (χ0) is 14.3. The van der Waals surface area contributed by atoms with Gasteiger partial charge in [0.25, 0.3) is 0 Å². The quantitative estimate of drug-likeness (QED) is 0.891. The average Bonchev–Trinajstić information content (AvgIpc) is 2.77. The molecule has 0 aromatic heterocycles. The molecule has 1 aliphatic rings. The first-order valence-corrected chi connectivity index (χ1v) is 6.39. The Kier molecular flexibility index (Phi) is 2.95. The molecule has 1 aliphatic heterocycles. The number of carboxylic acids is 1. The molecule has 2 aromatic rings. The Bertz CT molecular complexity index is 740. The average molecular weight is 288 g/mol. The molecule has 0 spiro atoms. The van der Waals surface area contributed by atoms with Crippen molar-refractivity contribution in [1.29, 1.82) is 0 Å². The molecule has 20 heavy (non-hydrogen) atoms. The Morgan fingerprint density at radius 3 is 2.80 bits per heavy atom. The predicted molar refractivity (Wildman–Crippen MR) is 76.2 cm³/mol. The number of benzene rings is 2. The van der Waals surface area contributed by atoms with Crippen LogP contribution in [0.2, 0.25) is 5.02 Å². The van der Waals surface area contributed by atoms with Crippen molar-refractivity contribution < 1.29 is 14.7 Å². The van der Waals surface area contributed by atoms with Crippen LogP contribution >= 0.6 is 11.6 Å². The number of anilines is 1. The SMILES string of the molecule is O=C1Cc2cc(-c3cccc(C(=O)O)c3Cl)ccc2N1. The molecule has 0 radical (unpaired) electrons. The Morgan fingerprint density at radius 1 is 1.25 bits per heavy atom. The fourth-order valence-electron chi connectivity index (χ4n) is 2.32. The number of hydrogen-bond acceptors (Lipinski definition) is 2. The van der Waals surface area contributed by atoms with Crippen molar-refractivity contribution >= 4 is 29.2 Å². The van der Waals surface area contributed by atoms with E-state index in [4.69, 9.17) is 16.7 Å². The number of carboxylic acid groups (broad SMARTS) is 1. The van der Waals surface area contributed by atoms with E-state index in [0.29, 0.717) is 12.0 Å². The summed E-state index contributed by atoms with van der Waals surface area (Å²) in [5.74, 6) is -1.10. The summed E-state index contributed by atoms with van der Waals surface area (Å²) in [5.41, 5.74) is 3.20. The van der Waals surface area contributed by atoms with E-state index in [2.05, 4.69) is 5.32 Å². The monoisotopic (exact) mass is 287 g/mol. The van der Waals surface area contributed by atoms with E-state index < -0.39 is 5.97 Å². The van der Waals surface area contributed by atoms with Crippen LogP contribution in [0.5, 0.6) is 0 Å². The van der Waals surface area contributed by atoms with Gasteiger partial charge in [-0.1, -0.05) is 29.8 Å². The molecule has 3 rings (SSSR count). The molecular formula is C15H10ClNO3. The summed E-state index contributed by atoms with van der Waals surface area (Å²) in [6.45, 7) is 0. The van der Waals surface area contributed by atoms with Gasteiger partial charge >= 0.3 is 5.97 Å². The van der Waals surface area contributed by atoms with Gasteiger partial charge < -0.3 is 10.4 Å². The van der Waals surface area contributed by atoms with Crippen LogP contribution in [0.1, 0.15) is 15.9 Å². The molecule has 0 unspecified atom stereocenters. The molecule has 2 aromatic carbocycles. The van der Waals surface area contributed by atoms with E-state index in [1.54, 1.807) is 18.2 Å². The van der Waals surface area contributed by atoms with Crippen LogP contribution < -0.4 is 5.32 Å². The first-order chi connectivity index (χ1) is 9.56. The molecule has 1 heterocycles. The van der Waals surface area contributed by atoms with Gasteiger partial charge in [0.05, 0.1) is 17.0 Å². The third kappa shape index (κ3) is 2.04. The predicted octanol–water partition coefficient (Wildman–Crippen LogP) is 3.20. The second-order valence-electron chi connectivity index (χ2n) is 4.57. The van der Waals surface area contributed by atoms with Gasteiger partial charge in [-0.15, -0.1) is 0 Å². The van der Waals surface area contributed by atoms with Gasteiger partial charge in [0.2, 0.25) is 5.91 Å². The first kappa shape index (κ1) is 12.7. The Morgan fingerprint density at radius 2 is 2.05 bits per heavy atom. The number of aromatic carboxylic acids is 1. The van der Waals surface area contributed by atoms with Crippen LogP contribution in [0.25, 0.3) is 11.1 Å². The number of halogens is 1. The number of carbonyl (C=O) groups is 2. The highest BCUT2D eigenvalue weighted by Gasteiger charge is 2.19. The standard InChI is InChI=1S/C15H10ClNO3/c16-14-10(2-1-3-11(14)15(19)20)8-4-5-12-9(6-8)7-13(18)17-12/h1-6H,7H2,(H,17,18)(H,19,20). The molecule has 2 N–H and O–H groups in total. The van der Waals surface area contributed by atoms with Gasteiger partial charge in [0, 0.05) is 11.3 Å². The first-order valence-electron chi connectivity index (χ1n) is 6.01. The number of rotatable bonds is 2. The molecule has 5 heteroatoms. The smallest absolute Gasteiger partial charge is 0.337 e. The number of hydrogen-bond donors (Lipinski definition) is 2. The maximum Gasteiger partial charge on any atom is 0.337 e. The van der Waals surface area contributed by atoms with E-state index in [1.807, 2.05) is 12.1 Å². The summed E-state index contributed by atoms with van der Waals surface area (Å²) < 4.78 is 0. The minimum atomic E-state index is -1.06. The number of fused-ring (bicyclic) bond motifs is 1. The third-order valence-electron chi connectivity index (χ3n) is 3.27. The summed E-state index contributed by atoms with van der Waals surface area (Å²) in [4.78, 5) is 22.4. The maximum absolute atomic E-state index is 11.3. The Hall–Kier alpha value is -2.33. The van der Waals surface area contributed by atoms with Crippen molar-refractivity contribution in [3.63, 3.8) is 0 Å². The van der Waals surface area contributed by atoms with Crippen molar-refractivity contribution in [2.24, 2.45) is 0 Å². The Labute approximate surface area is 120 Å². The van der Waals surface area contributed by atoms with Crippen molar-refractivity contribution in [1.82, 2.24) is 0 Å². The van der Waals surface area contributed by atoms with Crippen molar-refractivity contribution in [2.45, 2.75) is 6.42 Å². The Balaban J connectivity index is 2.11. The highest BCUT2D eigenvalue weighted by molar-refractivity contribution is 6.36.